The zero-order chi connectivity index (χ0) is 13.8. The van der Waals surface area contributed by atoms with E-state index in [2.05, 4.69) is 64.0 Å². The zero-order valence-electron chi connectivity index (χ0n) is 11.5. The molecule has 0 bridgehead atoms. The number of halogens is 1. The molecule has 2 atom stereocenters. The van der Waals surface area contributed by atoms with Gasteiger partial charge in [0, 0.05) is 29.8 Å². The van der Waals surface area contributed by atoms with Crippen LogP contribution in [0.3, 0.4) is 0 Å². The summed E-state index contributed by atoms with van der Waals surface area (Å²) in [5, 5.41) is 9.08. The Bertz CT molecular complexity index is 469. The Morgan fingerprint density at radius 3 is 2.84 bits per heavy atom. The van der Waals surface area contributed by atoms with E-state index in [1.807, 2.05) is 6.07 Å². The first-order valence-corrected chi connectivity index (χ1v) is 7.47. The molecule has 0 radical (unpaired) electrons. The molecule has 0 saturated carbocycles. The largest absolute Gasteiger partial charge is 0.366 e. The molecule has 0 aromatic heterocycles. The van der Waals surface area contributed by atoms with Crippen LogP contribution in [0.15, 0.2) is 28.7 Å². The topological polar surface area (TPSA) is 30.3 Å². The highest BCUT2D eigenvalue weighted by Gasteiger charge is 2.26. The SMILES string of the molecule is CC1CN(C)CC(CC#N)N(c2cccc(Br)c2)C1. The maximum absolute atomic E-state index is 9.08. The van der Waals surface area contributed by atoms with Crippen LogP contribution in [0.1, 0.15) is 13.3 Å². The van der Waals surface area contributed by atoms with Gasteiger partial charge in [-0.1, -0.05) is 28.9 Å². The summed E-state index contributed by atoms with van der Waals surface area (Å²) in [6.07, 6.45) is 0.573. The lowest BCUT2D eigenvalue weighted by Gasteiger charge is -2.32. The second kappa shape index (κ2) is 6.40. The van der Waals surface area contributed by atoms with Crippen LogP contribution in [0.2, 0.25) is 0 Å². The lowest BCUT2D eigenvalue weighted by molar-refractivity contribution is 0.304. The molecule has 1 aromatic rings. The predicted octanol–water partition coefficient (Wildman–Crippen LogP) is 3.12. The molecule has 1 aliphatic heterocycles. The number of likely N-dealkylation sites (N-methyl/N-ethyl adjacent to an activating group) is 1. The highest BCUT2D eigenvalue weighted by atomic mass is 79.9. The normalized spacial score (nSPS) is 24.8. The number of nitrogens with zero attached hydrogens (tertiary/aromatic N) is 3. The van der Waals surface area contributed by atoms with E-state index in [-0.39, 0.29) is 6.04 Å². The van der Waals surface area contributed by atoms with E-state index in [0.717, 1.165) is 24.1 Å². The molecule has 0 aliphatic carbocycles. The third-order valence-electron chi connectivity index (χ3n) is 3.56. The fraction of sp³-hybridized carbons (Fsp3) is 0.533. The van der Waals surface area contributed by atoms with Gasteiger partial charge in [-0.25, -0.2) is 0 Å². The van der Waals surface area contributed by atoms with E-state index in [9.17, 15) is 0 Å². The molecule has 1 fully saturated rings. The molecule has 0 N–H and O–H groups in total. The molecule has 1 aliphatic rings. The van der Waals surface area contributed by atoms with Crippen LogP contribution < -0.4 is 4.90 Å². The fourth-order valence-electron chi connectivity index (χ4n) is 2.86. The second-order valence-electron chi connectivity index (χ2n) is 5.47. The van der Waals surface area contributed by atoms with E-state index in [1.165, 1.54) is 5.69 Å². The van der Waals surface area contributed by atoms with Gasteiger partial charge in [0.25, 0.3) is 0 Å². The Hall–Kier alpha value is -1.05. The highest BCUT2D eigenvalue weighted by Crippen LogP contribution is 2.26. The standard InChI is InChI=1S/C15H20BrN3/c1-12-9-18(2)11-15(6-7-17)19(10-12)14-5-3-4-13(16)8-14/h3-5,8,12,15H,6,9-11H2,1-2H3. The quantitative estimate of drug-likeness (QED) is 0.838. The van der Waals surface area contributed by atoms with Gasteiger partial charge in [-0.05, 0) is 31.2 Å². The minimum atomic E-state index is 0.272. The van der Waals surface area contributed by atoms with Gasteiger partial charge in [-0.2, -0.15) is 5.26 Å². The van der Waals surface area contributed by atoms with Crippen molar-refractivity contribution in [3.63, 3.8) is 0 Å². The molecule has 0 spiro atoms. The van der Waals surface area contributed by atoms with Crippen LogP contribution in [-0.4, -0.2) is 37.6 Å². The van der Waals surface area contributed by atoms with Gasteiger partial charge in [-0.3, -0.25) is 0 Å². The van der Waals surface area contributed by atoms with Gasteiger partial charge in [-0.15, -0.1) is 0 Å². The van der Waals surface area contributed by atoms with Crippen molar-refractivity contribution in [1.29, 1.82) is 5.26 Å². The number of anilines is 1. The van der Waals surface area contributed by atoms with Gasteiger partial charge in [0.1, 0.15) is 0 Å². The number of rotatable bonds is 2. The second-order valence-corrected chi connectivity index (χ2v) is 6.39. The van der Waals surface area contributed by atoms with Gasteiger partial charge < -0.3 is 9.80 Å². The van der Waals surface area contributed by atoms with Crippen molar-refractivity contribution in [3.8, 4) is 6.07 Å². The average molecular weight is 322 g/mol. The maximum atomic E-state index is 9.08. The van der Waals surface area contributed by atoms with Crippen molar-refractivity contribution in [1.82, 2.24) is 4.90 Å². The lowest BCUT2D eigenvalue weighted by Crippen LogP contribution is -2.40. The molecule has 102 valence electrons. The molecule has 4 heteroatoms. The zero-order valence-corrected chi connectivity index (χ0v) is 13.1. The first-order valence-electron chi connectivity index (χ1n) is 6.68. The monoisotopic (exact) mass is 321 g/mol. The van der Waals surface area contributed by atoms with E-state index in [4.69, 9.17) is 5.26 Å². The Balaban J connectivity index is 2.29. The van der Waals surface area contributed by atoms with Crippen molar-refractivity contribution in [2.75, 3.05) is 31.6 Å². The number of hydrogen-bond donors (Lipinski definition) is 0. The number of nitriles is 1. The molecule has 19 heavy (non-hydrogen) atoms. The summed E-state index contributed by atoms with van der Waals surface area (Å²) in [5.41, 5.74) is 1.21. The predicted molar refractivity (Wildman–Crippen MR) is 82.2 cm³/mol. The molecule has 3 nitrogen and oxygen atoms in total. The third kappa shape index (κ3) is 3.71. The maximum Gasteiger partial charge on any atom is 0.0643 e. The molecule has 1 aromatic carbocycles. The summed E-state index contributed by atoms with van der Waals surface area (Å²) < 4.78 is 1.09. The average Bonchev–Trinajstić information content (AvgIpc) is 2.48. The van der Waals surface area contributed by atoms with Crippen LogP contribution in [0.4, 0.5) is 5.69 Å². The molecule has 2 unspecified atom stereocenters. The first kappa shape index (κ1) is 14.4. The summed E-state index contributed by atoms with van der Waals surface area (Å²) in [7, 11) is 2.14. The summed E-state index contributed by atoms with van der Waals surface area (Å²) in [6, 6.07) is 11.0. The third-order valence-corrected chi connectivity index (χ3v) is 4.05. The van der Waals surface area contributed by atoms with E-state index in [1.54, 1.807) is 0 Å². The Labute approximate surface area is 123 Å². The summed E-state index contributed by atoms with van der Waals surface area (Å²) >= 11 is 3.53. The summed E-state index contributed by atoms with van der Waals surface area (Å²) in [5.74, 6) is 0.604. The van der Waals surface area contributed by atoms with Gasteiger partial charge in [0.15, 0.2) is 0 Å². The minimum absolute atomic E-state index is 0.272. The number of benzene rings is 1. The molecule has 2 rings (SSSR count). The minimum Gasteiger partial charge on any atom is -0.366 e. The highest BCUT2D eigenvalue weighted by molar-refractivity contribution is 9.10. The summed E-state index contributed by atoms with van der Waals surface area (Å²) in [6.45, 7) is 5.32. The van der Waals surface area contributed by atoms with E-state index in [0.29, 0.717) is 12.3 Å². The van der Waals surface area contributed by atoms with Gasteiger partial charge in [0.05, 0.1) is 18.5 Å². The van der Waals surface area contributed by atoms with Gasteiger partial charge in [0.2, 0.25) is 0 Å². The number of hydrogen-bond acceptors (Lipinski definition) is 3. The van der Waals surface area contributed by atoms with Crippen molar-refractivity contribution in [3.05, 3.63) is 28.7 Å². The first-order chi connectivity index (χ1) is 9.10. The van der Waals surface area contributed by atoms with Crippen LogP contribution in [0.25, 0.3) is 0 Å². The Morgan fingerprint density at radius 2 is 2.16 bits per heavy atom. The summed E-state index contributed by atoms with van der Waals surface area (Å²) in [4.78, 5) is 4.73. The fourth-order valence-corrected chi connectivity index (χ4v) is 3.25. The van der Waals surface area contributed by atoms with Crippen molar-refractivity contribution in [2.24, 2.45) is 5.92 Å². The lowest BCUT2D eigenvalue weighted by atomic mass is 10.1. The van der Waals surface area contributed by atoms with Crippen LogP contribution >= 0.6 is 15.9 Å². The van der Waals surface area contributed by atoms with Crippen molar-refractivity contribution >= 4 is 21.6 Å². The molecular formula is C15H20BrN3. The Kier molecular flexibility index (Phi) is 4.84. The van der Waals surface area contributed by atoms with Crippen molar-refractivity contribution in [2.45, 2.75) is 19.4 Å². The van der Waals surface area contributed by atoms with Gasteiger partial charge >= 0.3 is 0 Å². The molecule has 1 saturated heterocycles. The molecule has 0 amide bonds. The van der Waals surface area contributed by atoms with E-state index >= 15 is 0 Å². The Morgan fingerprint density at radius 1 is 1.37 bits per heavy atom. The van der Waals surface area contributed by atoms with E-state index < -0.39 is 0 Å². The van der Waals surface area contributed by atoms with Crippen LogP contribution in [0.5, 0.6) is 0 Å². The van der Waals surface area contributed by atoms with Crippen molar-refractivity contribution < 1.29 is 0 Å². The smallest absolute Gasteiger partial charge is 0.0643 e. The van der Waals surface area contributed by atoms with Crippen LogP contribution in [-0.2, 0) is 0 Å². The molecular weight excluding hydrogens is 302 g/mol. The molecule has 1 heterocycles. The van der Waals surface area contributed by atoms with Crippen LogP contribution in [0, 0.1) is 17.2 Å².